The molecule has 2 rings (SSSR count). The number of hydrogen-bond donors (Lipinski definition) is 4. The Bertz CT molecular complexity index is 933. The van der Waals surface area contributed by atoms with E-state index in [1.165, 1.54) is 5.57 Å². The van der Waals surface area contributed by atoms with Crippen LogP contribution in [0.3, 0.4) is 0 Å². The fourth-order valence-electron chi connectivity index (χ4n) is 5.78. The average Bonchev–Trinajstić information content (AvgIpc) is 3.72. The standard InChI is InChI=1S/C32H58N4O8/c1-22(2)14-18-42-31(5,6)28-27(40-8)25(13-15-32(28)21-43-32)44-30(39)36-24(23(3)4)20-41-29(38)35-17-12-10-9-11-16-34-26(37)19-33-7/h14,23-25,27-28,33H,9-13,15-21H2,1-8H3,(H,34,37)(H,35,38)(H,36,39)/t24-,25?,27?,28?,32?/m0/s1. The summed E-state index contributed by atoms with van der Waals surface area (Å²) < 4.78 is 29.6. The molecule has 4 N–H and O–H groups in total. The molecule has 0 aromatic heterocycles. The Balaban J connectivity index is 1.79. The van der Waals surface area contributed by atoms with Crippen molar-refractivity contribution in [2.24, 2.45) is 11.8 Å². The van der Waals surface area contributed by atoms with Crippen molar-refractivity contribution >= 4 is 18.1 Å². The van der Waals surface area contributed by atoms with Crippen LogP contribution in [0.25, 0.3) is 0 Å². The van der Waals surface area contributed by atoms with Gasteiger partial charge in [0.2, 0.25) is 5.91 Å². The van der Waals surface area contributed by atoms with E-state index in [2.05, 4.69) is 21.3 Å². The highest BCUT2D eigenvalue weighted by Gasteiger charge is 2.64. The minimum Gasteiger partial charge on any atom is -0.447 e. The topological polar surface area (TPSA) is 149 Å². The molecular weight excluding hydrogens is 568 g/mol. The van der Waals surface area contributed by atoms with E-state index < -0.39 is 36.0 Å². The Morgan fingerprint density at radius 1 is 1.05 bits per heavy atom. The van der Waals surface area contributed by atoms with Gasteiger partial charge in [-0.2, -0.15) is 0 Å². The molecule has 12 nitrogen and oxygen atoms in total. The van der Waals surface area contributed by atoms with Gasteiger partial charge < -0.3 is 45.0 Å². The van der Waals surface area contributed by atoms with Crippen LogP contribution in [0.2, 0.25) is 0 Å². The Morgan fingerprint density at radius 2 is 1.70 bits per heavy atom. The number of likely N-dealkylation sites (N-methyl/N-ethyl adjacent to an activating group) is 1. The summed E-state index contributed by atoms with van der Waals surface area (Å²) in [6, 6.07) is -0.422. The molecule has 5 atom stereocenters. The Morgan fingerprint density at radius 3 is 2.27 bits per heavy atom. The Labute approximate surface area is 264 Å². The van der Waals surface area contributed by atoms with Gasteiger partial charge in [0.15, 0.2) is 0 Å². The molecule has 1 saturated carbocycles. The summed E-state index contributed by atoms with van der Waals surface area (Å²) in [4.78, 5) is 36.7. The minimum atomic E-state index is -0.576. The fraction of sp³-hybridized carbons (Fsp3) is 0.844. The fourth-order valence-corrected chi connectivity index (χ4v) is 5.78. The quantitative estimate of drug-likeness (QED) is 0.0957. The van der Waals surface area contributed by atoms with Crippen LogP contribution in [0.1, 0.15) is 80.1 Å². The van der Waals surface area contributed by atoms with Gasteiger partial charge in [-0.3, -0.25) is 4.79 Å². The first kappa shape index (κ1) is 37.8. The molecule has 1 aliphatic carbocycles. The molecule has 1 saturated heterocycles. The van der Waals surface area contributed by atoms with Crippen molar-refractivity contribution in [1.29, 1.82) is 0 Å². The van der Waals surface area contributed by atoms with Gasteiger partial charge in [0.1, 0.15) is 18.8 Å². The number of allylic oxidation sites excluding steroid dienone is 1. The molecule has 4 unspecified atom stereocenters. The lowest BCUT2D eigenvalue weighted by Gasteiger charge is -2.47. The molecule has 0 aromatic rings. The number of hydrogen-bond acceptors (Lipinski definition) is 9. The monoisotopic (exact) mass is 626 g/mol. The van der Waals surface area contributed by atoms with Gasteiger partial charge in [0.25, 0.3) is 0 Å². The number of alkyl carbamates (subject to hydrolysis) is 2. The van der Waals surface area contributed by atoms with E-state index in [0.717, 1.165) is 32.1 Å². The molecule has 2 aliphatic rings. The lowest BCUT2D eigenvalue weighted by Crippen LogP contribution is -2.59. The third-order valence-electron chi connectivity index (χ3n) is 8.39. The van der Waals surface area contributed by atoms with Crippen molar-refractivity contribution in [1.82, 2.24) is 21.3 Å². The first-order valence-corrected chi connectivity index (χ1v) is 16.1. The minimum absolute atomic E-state index is 0.00631. The summed E-state index contributed by atoms with van der Waals surface area (Å²) in [5, 5.41) is 11.3. The van der Waals surface area contributed by atoms with E-state index in [0.29, 0.717) is 39.3 Å². The van der Waals surface area contributed by atoms with E-state index in [1.54, 1.807) is 14.2 Å². The summed E-state index contributed by atoms with van der Waals surface area (Å²) in [5.41, 5.74) is 0.268. The Hall–Kier alpha value is -2.41. The van der Waals surface area contributed by atoms with Crippen LogP contribution in [0.15, 0.2) is 11.6 Å². The van der Waals surface area contributed by atoms with Crippen LogP contribution in [0.5, 0.6) is 0 Å². The largest absolute Gasteiger partial charge is 0.447 e. The van der Waals surface area contributed by atoms with Gasteiger partial charge in [0, 0.05) is 26.1 Å². The zero-order valence-corrected chi connectivity index (χ0v) is 28.2. The van der Waals surface area contributed by atoms with E-state index in [1.807, 2.05) is 47.6 Å². The highest BCUT2D eigenvalue weighted by molar-refractivity contribution is 5.77. The number of carbonyl (C=O) groups excluding carboxylic acids is 3. The lowest BCUT2D eigenvalue weighted by molar-refractivity contribution is -0.172. The van der Waals surface area contributed by atoms with E-state index in [-0.39, 0.29) is 30.0 Å². The van der Waals surface area contributed by atoms with Crippen LogP contribution in [0, 0.1) is 11.8 Å². The van der Waals surface area contributed by atoms with E-state index in [4.69, 9.17) is 23.7 Å². The number of ether oxygens (including phenoxy) is 5. The molecule has 12 heteroatoms. The third-order valence-corrected chi connectivity index (χ3v) is 8.39. The first-order valence-electron chi connectivity index (χ1n) is 16.1. The predicted molar refractivity (Wildman–Crippen MR) is 168 cm³/mol. The van der Waals surface area contributed by atoms with Crippen molar-refractivity contribution in [3.63, 3.8) is 0 Å². The number of rotatable bonds is 19. The van der Waals surface area contributed by atoms with Crippen molar-refractivity contribution < 1.29 is 38.1 Å². The number of epoxide rings is 1. The van der Waals surface area contributed by atoms with Gasteiger partial charge >= 0.3 is 12.2 Å². The number of unbranched alkanes of at least 4 members (excludes halogenated alkanes) is 3. The zero-order chi connectivity index (χ0) is 32.8. The van der Waals surface area contributed by atoms with Crippen LogP contribution >= 0.6 is 0 Å². The molecular formula is C32H58N4O8. The first-order chi connectivity index (χ1) is 20.8. The summed E-state index contributed by atoms with van der Waals surface area (Å²) in [7, 11) is 3.37. The zero-order valence-electron chi connectivity index (χ0n) is 28.2. The molecule has 44 heavy (non-hydrogen) atoms. The summed E-state index contributed by atoms with van der Waals surface area (Å²) in [6.07, 6.45) is 5.01. The number of nitrogens with one attached hydrogen (secondary N) is 4. The smallest absolute Gasteiger partial charge is 0.407 e. The number of methoxy groups -OCH3 is 1. The van der Waals surface area contributed by atoms with Gasteiger partial charge in [0.05, 0.1) is 37.0 Å². The molecule has 3 amide bonds. The van der Waals surface area contributed by atoms with Crippen LogP contribution in [-0.4, -0.2) is 101 Å². The van der Waals surface area contributed by atoms with Crippen molar-refractivity contribution in [2.75, 3.05) is 53.6 Å². The van der Waals surface area contributed by atoms with Crippen molar-refractivity contribution in [3.05, 3.63) is 11.6 Å². The SMILES string of the molecule is CNCC(=O)NCCCCCCNC(=O)OC[C@H](NC(=O)OC1CCC2(CO2)C(C(C)(C)OCC=C(C)C)C1OC)C(C)C. The van der Waals surface area contributed by atoms with Gasteiger partial charge in [-0.15, -0.1) is 0 Å². The second-order valence-electron chi connectivity index (χ2n) is 13.0. The summed E-state index contributed by atoms with van der Waals surface area (Å²) in [5.74, 6) is -0.135. The van der Waals surface area contributed by atoms with Gasteiger partial charge in [-0.05, 0) is 66.3 Å². The second-order valence-corrected chi connectivity index (χ2v) is 13.0. The van der Waals surface area contributed by atoms with E-state index in [9.17, 15) is 14.4 Å². The average molecular weight is 627 g/mol. The molecule has 2 fully saturated rings. The molecule has 1 spiro atoms. The molecule has 0 radical (unpaired) electrons. The van der Waals surface area contributed by atoms with Crippen LogP contribution < -0.4 is 21.3 Å². The predicted octanol–water partition coefficient (Wildman–Crippen LogP) is 3.68. The molecule has 0 bridgehead atoms. The summed E-state index contributed by atoms with van der Waals surface area (Å²) in [6.45, 7) is 14.6. The number of amides is 3. The van der Waals surface area contributed by atoms with Crippen LogP contribution in [0.4, 0.5) is 9.59 Å². The Kier molecular flexibility index (Phi) is 15.9. The molecule has 1 heterocycles. The molecule has 1 aliphatic heterocycles. The van der Waals surface area contributed by atoms with Gasteiger partial charge in [-0.1, -0.05) is 38.3 Å². The molecule has 0 aromatic carbocycles. The normalized spacial score (nSPS) is 23.5. The number of carbonyl (C=O) groups is 3. The van der Waals surface area contributed by atoms with Crippen molar-refractivity contribution in [3.8, 4) is 0 Å². The third kappa shape index (κ3) is 12.5. The highest BCUT2D eigenvalue weighted by atomic mass is 16.6. The maximum absolute atomic E-state index is 13.1. The molecule has 254 valence electrons. The lowest BCUT2D eigenvalue weighted by atomic mass is 9.68. The van der Waals surface area contributed by atoms with Crippen molar-refractivity contribution in [2.45, 2.75) is 110 Å². The van der Waals surface area contributed by atoms with Crippen LogP contribution in [-0.2, 0) is 28.5 Å². The maximum Gasteiger partial charge on any atom is 0.407 e. The van der Waals surface area contributed by atoms with E-state index >= 15 is 0 Å². The van der Waals surface area contributed by atoms with Gasteiger partial charge in [-0.25, -0.2) is 9.59 Å². The summed E-state index contributed by atoms with van der Waals surface area (Å²) >= 11 is 0. The maximum atomic E-state index is 13.1. The highest BCUT2D eigenvalue weighted by Crippen LogP contribution is 2.52. The second kappa shape index (κ2) is 18.5.